The van der Waals surface area contributed by atoms with Gasteiger partial charge in [-0.1, -0.05) is 12.1 Å². The van der Waals surface area contributed by atoms with E-state index in [0.717, 1.165) is 18.7 Å². The van der Waals surface area contributed by atoms with Gasteiger partial charge in [0.15, 0.2) is 0 Å². The zero-order valence-corrected chi connectivity index (χ0v) is 15.2. The van der Waals surface area contributed by atoms with E-state index < -0.39 is 0 Å². The van der Waals surface area contributed by atoms with Crippen LogP contribution in [-0.2, 0) is 6.54 Å². The van der Waals surface area contributed by atoms with Crippen molar-refractivity contribution in [1.82, 2.24) is 9.80 Å². The first-order chi connectivity index (χ1) is 12.5. The normalized spacial score (nSPS) is 16.8. The van der Waals surface area contributed by atoms with E-state index in [-0.39, 0.29) is 12.1 Å². The van der Waals surface area contributed by atoms with E-state index in [0.29, 0.717) is 24.6 Å². The van der Waals surface area contributed by atoms with E-state index in [4.69, 9.17) is 15.2 Å². The standard InChI is InChI=1S/C20H25N3O3/c1-22(2)13-15-3-5-17(6-4-15)25-18-7-9-19(10-8-18)26-20(24)23-12-11-16(21)14-23/h3-10,16H,11-14,21H2,1-2H3/t16-/m1/s1. The summed E-state index contributed by atoms with van der Waals surface area (Å²) in [7, 11) is 4.08. The number of nitrogens with zero attached hydrogens (tertiary/aromatic N) is 2. The van der Waals surface area contributed by atoms with Gasteiger partial charge in [0.05, 0.1) is 0 Å². The minimum absolute atomic E-state index is 0.0439. The van der Waals surface area contributed by atoms with Crippen LogP contribution in [-0.4, -0.2) is 49.1 Å². The number of carbonyl (C=O) groups is 1. The molecule has 0 bridgehead atoms. The lowest BCUT2D eigenvalue weighted by atomic mass is 10.2. The van der Waals surface area contributed by atoms with Crippen molar-refractivity contribution < 1.29 is 14.3 Å². The van der Waals surface area contributed by atoms with E-state index in [1.165, 1.54) is 5.56 Å². The Morgan fingerprint density at radius 3 is 2.19 bits per heavy atom. The number of benzene rings is 2. The van der Waals surface area contributed by atoms with Crippen molar-refractivity contribution in [3.8, 4) is 17.2 Å². The molecule has 1 aliphatic rings. The number of likely N-dealkylation sites (tertiary alicyclic amines) is 1. The summed E-state index contributed by atoms with van der Waals surface area (Å²) >= 11 is 0. The van der Waals surface area contributed by atoms with E-state index in [1.54, 1.807) is 29.2 Å². The van der Waals surface area contributed by atoms with Gasteiger partial charge in [-0.05, 0) is 62.5 Å². The second kappa shape index (κ2) is 8.21. The zero-order chi connectivity index (χ0) is 18.5. The molecular formula is C20H25N3O3. The highest BCUT2D eigenvalue weighted by Crippen LogP contribution is 2.25. The highest BCUT2D eigenvalue weighted by Gasteiger charge is 2.25. The Kier molecular flexibility index (Phi) is 5.75. The number of nitrogens with two attached hydrogens (primary N) is 1. The fourth-order valence-electron chi connectivity index (χ4n) is 2.86. The number of amides is 1. The molecule has 2 aromatic rings. The van der Waals surface area contributed by atoms with Gasteiger partial charge in [-0.15, -0.1) is 0 Å². The minimum Gasteiger partial charge on any atom is -0.457 e. The van der Waals surface area contributed by atoms with Gasteiger partial charge in [-0.2, -0.15) is 0 Å². The first kappa shape index (κ1) is 18.2. The van der Waals surface area contributed by atoms with Crippen molar-refractivity contribution in [3.63, 3.8) is 0 Å². The van der Waals surface area contributed by atoms with Crippen LogP contribution in [0, 0.1) is 0 Å². The summed E-state index contributed by atoms with van der Waals surface area (Å²) in [6.07, 6.45) is 0.456. The van der Waals surface area contributed by atoms with Crippen LogP contribution >= 0.6 is 0 Å². The molecular weight excluding hydrogens is 330 g/mol. The first-order valence-electron chi connectivity index (χ1n) is 8.73. The van der Waals surface area contributed by atoms with Crippen LogP contribution < -0.4 is 15.2 Å². The Bertz CT molecular complexity index is 729. The van der Waals surface area contributed by atoms with Gasteiger partial charge in [0, 0.05) is 25.7 Å². The molecule has 2 N–H and O–H groups in total. The van der Waals surface area contributed by atoms with Crippen molar-refractivity contribution in [2.75, 3.05) is 27.2 Å². The van der Waals surface area contributed by atoms with Crippen molar-refractivity contribution in [2.45, 2.75) is 19.0 Å². The van der Waals surface area contributed by atoms with Crippen LogP contribution in [0.1, 0.15) is 12.0 Å². The SMILES string of the molecule is CN(C)Cc1ccc(Oc2ccc(OC(=O)N3CC[C@@H](N)C3)cc2)cc1. The van der Waals surface area contributed by atoms with Crippen LogP contribution in [0.5, 0.6) is 17.2 Å². The zero-order valence-electron chi connectivity index (χ0n) is 15.2. The molecule has 6 heteroatoms. The highest BCUT2D eigenvalue weighted by atomic mass is 16.6. The average molecular weight is 355 g/mol. The fourth-order valence-corrected chi connectivity index (χ4v) is 2.86. The fraction of sp³-hybridized carbons (Fsp3) is 0.350. The summed E-state index contributed by atoms with van der Waals surface area (Å²) in [5.41, 5.74) is 7.04. The Morgan fingerprint density at radius 2 is 1.65 bits per heavy atom. The summed E-state index contributed by atoms with van der Waals surface area (Å²) < 4.78 is 11.2. The molecule has 6 nitrogen and oxygen atoms in total. The molecule has 1 amide bonds. The molecule has 2 aromatic carbocycles. The van der Waals surface area contributed by atoms with Gasteiger partial charge < -0.3 is 25.0 Å². The third kappa shape index (κ3) is 4.97. The maximum atomic E-state index is 12.1. The first-order valence-corrected chi connectivity index (χ1v) is 8.73. The predicted octanol–water partition coefficient (Wildman–Crippen LogP) is 3.07. The average Bonchev–Trinajstić information content (AvgIpc) is 3.04. The smallest absolute Gasteiger partial charge is 0.415 e. The number of ether oxygens (including phenoxy) is 2. The van der Waals surface area contributed by atoms with Gasteiger partial charge in [-0.25, -0.2) is 4.79 Å². The maximum Gasteiger partial charge on any atom is 0.415 e. The lowest BCUT2D eigenvalue weighted by Crippen LogP contribution is -2.33. The Labute approximate surface area is 154 Å². The molecule has 1 aliphatic heterocycles. The molecule has 0 radical (unpaired) electrons. The monoisotopic (exact) mass is 355 g/mol. The van der Waals surface area contributed by atoms with Gasteiger partial charge >= 0.3 is 6.09 Å². The Morgan fingerprint density at radius 1 is 1.08 bits per heavy atom. The lowest BCUT2D eigenvalue weighted by molar-refractivity contribution is 0.162. The molecule has 1 fully saturated rings. The third-order valence-electron chi connectivity index (χ3n) is 4.17. The molecule has 0 aliphatic carbocycles. The Hall–Kier alpha value is -2.57. The second-order valence-corrected chi connectivity index (χ2v) is 6.82. The van der Waals surface area contributed by atoms with Gasteiger partial charge in [-0.3, -0.25) is 0 Å². The topological polar surface area (TPSA) is 68.0 Å². The summed E-state index contributed by atoms with van der Waals surface area (Å²) in [4.78, 5) is 15.8. The van der Waals surface area contributed by atoms with E-state index in [9.17, 15) is 4.79 Å². The number of hydrogen-bond acceptors (Lipinski definition) is 5. The highest BCUT2D eigenvalue weighted by molar-refractivity contribution is 5.71. The van der Waals surface area contributed by atoms with Crippen molar-refractivity contribution >= 4 is 6.09 Å². The van der Waals surface area contributed by atoms with Crippen molar-refractivity contribution in [1.29, 1.82) is 0 Å². The van der Waals surface area contributed by atoms with Gasteiger partial charge in [0.25, 0.3) is 0 Å². The predicted molar refractivity (Wildman–Crippen MR) is 101 cm³/mol. The molecule has 0 aromatic heterocycles. The van der Waals surface area contributed by atoms with Crippen molar-refractivity contribution in [2.24, 2.45) is 5.73 Å². The molecule has 3 rings (SSSR count). The summed E-state index contributed by atoms with van der Waals surface area (Å²) in [5.74, 6) is 1.95. The van der Waals surface area contributed by atoms with E-state index >= 15 is 0 Å². The maximum absolute atomic E-state index is 12.1. The molecule has 1 atom stereocenters. The van der Waals surface area contributed by atoms with E-state index in [2.05, 4.69) is 4.90 Å². The summed E-state index contributed by atoms with van der Waals surface area (Å²) in [6, 6.07) is 15.1. The number of carbonyl (C=O) groups excluding carboxylic acids is 1. The van der Waals surface area contributed by atoms with Crippen LogP contribution in [0.25, 0.3) is 0 Å². The number of hydrogen-bond donors (Lipinski definition) is 1. The Balaban J connectivity index is 1.55. The van der Waals surface area contributed by atoms with Crippen molar-refractivity contribution in [3.05, 3.63) is 54.1 Å². The van der Waals surface area contributed by atoms with Gasteiger partial charge in [0.1, 0.15) is 17.2 Å². The largest absolute Gasteiger partial charge is 0.457 e. The van der Waals surface area contributed by atoms with Crippen LogP contribution in [0.15, 0.2) is 48.5 Å². The molecule has 1 saturated heterocycles. The van der Waals surface area contributed by atoms with Crippen LogP contribution in [0.4, 0.5) is 4.79 Å². The molecule has 138 valence electrons. The van der Waals surface area contributed by atoms with E-state index in [1.807, 2.05) is 38.4 Å². The molecule has 0 saturated carbocycles. The molecule has 0 unspecified atom stereocenters. The second-order valence-electron chi connectivity index (χ2n) is 6.82. The van der Waals surface area contributed by atoms with Crippen LogP contribution in [0.3, 0.4) is 0 Å². The summed E-state index contributed by atoms with van der Waals surface area (Å²) in [6.45, 7) is 2.08. The summed E-state index contributed by atoms with van der Waals surface area (Å²) in [5, 5.41) is 0. The number of rotatable bonds is 5. The quantitative estimate of drug-likeness (QED) is 0.893. The van der Waals surface area contributed by atoms with Crippen LogP contribution in [0.2, 0.25) is 0 Å². The minimum atomic E-state index is -0.358. The third-order valence-corrected chi connectivity index (χ3v) is 4.17. The molecule has 26 heavy (non-hydrogen) atoms. The van der Waals surface area contributed by atoms with Gasteiger partial charge in [0.2, 0.25) is 0 Å². The molecule has 1 heterocycles. The molecule has 0 spiro atoms. The lowest BCUT2D eigenvalue weighted by Gasteiger charge is -2.15.